The third-order valence-electron chi connectivity index (χ3n) is 4.28. The van der Waals surface area contributed by atoms with Crippen LogP contribution in [0.1, 0.15) is 36.0 Å². The maximum atomic E-state index is 14.1. The summed E-state index contributed by atoms with van der Waals surface area (Å²) in [6.45, 7) is 2.70. The van der Waals surface area contributed by atoms with Gasteiger partial charge in [-0.15, -0.1) is 0 Å². The molecule has 3 nitrogen and oxygen atoms in total. The quantitative estimate of drug-likeness (QED) is 0.927. The third kappa shape index (κ3) is 3.38. The van der Waals surface area contributed by atoms with Crippen molar-refractivity contribution in [2.24, 2.45) is 5.92 Å². The number of hydrogen-bond donors (Lipinski definition) is 1. The maximum absolute atomic E-state index is 14.1. The Kier molecular flexibility index (Phi) is 4.45. The summed E-state index contributed by atoms with van der Waals surface area (Å²) in [5.74, 6) is -0.356. The van der Waals surface area contributed by atoms with E-state index >= 15 is 0 Å². The minimum atomic E-state index is -0.600. The van der Waals surface area contributed by atoms with Crippen LogP contribution in [0.25, 0.3) is 0 Å². The van der Waals surface area contributed by atoms with Gasteiger partial charge in [0, 0.05) is 12.6 Å². The highest BCUT2D eigenvalue weighted by Gasteiger charge is 2.35. The van der Waals surface area contributed by atoms with Crippen LogP contribution in [0.3, 0.4) is 0 Å². The molecular weight excluding hydrogens is 291 g/mol. The van der Waals surface area contributed by atoms with E-state index in [2.05, 4.69) is 5.32 Å². The predicted molar refractivity (Wildman–Crippen MR) is 81.1 cm³/mol. The fourth-order valence-corrected chi connectivity index (χ4v) is 3.14. The normalized spacial score (nSPS) is 22.1. The Labute approximate surface area is 129 Å². The molecule has 114 valence electrons. The first kappa shape index (κ1) is 14.8. The summed E-state index contributed by atoms with van der Waals surface area (Å²) in [5, 5.41) is 3.38. The molecule has 1 saturated heterocycles. The Hall–Kier alpha value is -1.13. The van der Waals surface area contributed by atoms with Crippen molar-refractivity contribution in [3.05, 3.63) is 34.6 Å². The highest BCUT2D eigenvalue weighted by Crippen LogP contribution is 2.31. The lowest BCUT2D eigenvalue weighted by atomic mass is 9.98. The highest BCUT2D eigenvalue weighted by molar-refractivity contribution is 6.31. The Bertz CT molecular complexity index is 527. The lowest BCUT2D eigenvalue weighted by Crippen LogP contribution is -2.42. The third-order valence-corrected chi connectivity index (χ3v) is 4.58. The number of benzene rings is 1. The van der Waals surface area contributed by atoms with Crippen LogP contribution in [0.4, 0.5) is 4.39 Å². The largest absolute Gasteiger partial charge is 0.335 e. The molecule has 1 heterocycles. The molecule has 1 aliphatic carbocycles. The van der Waals surface area contributed by atoms with Crippen molar-refractivity contribution < 1.29 is 9.18 Å². The van der Waals surface area contributed by atoms with E-state index in [0.29, 0.717) is 12.5 Å². The van der Waals surface area contributed by atoms with Crippen LogP contribution in [0.15, 0.2) is 18.2 Å². The molecule has 1 aliphatic heterocycles. The van der Waals surface area contributed by atoms with Crippen LogP contribution >= 0.6 is 11.6 Å². The summed E-state index contributed by atoms with van der Waals surface area (Å²) in [4.78, 5) is 14.5. The zero-order chi connectivity index (χ0) is 14.8. The monoisotopic (exact) mass is 310 g/mol. The molecule has 0 spiro atoms. The molecule has 2 aliphatic rings. The van der Waals surface area contributed by atoms with Gasteiger partial charge in [0.05, 0.1) is 10.6 Å². The van der Waals surface area contributed by atoms with Gasteiger partial charge >= 0.3 is 0 Å². The SMILES string of the molecule is O=C(c1cccc(Cl)c1F)N(CC1CCCNC1)C1CC1. The number of amides is 1. The van der Waals surface area contributed by atoms with Crippen LogP contribution in [0, 0.1) is 11.7 Å². The van der Waals surface area contributed by atoms with E-state index in [1.54, 1.807) is 6.07 Å². The highest BCUT2D eigenvalue weighted by atomic mass is 35.5. The minimum Gasteiger partial charge on any atom is -0.335 e. The van der Waals surface area contributed by atoms with Crippen molar-refractivity contribution in [1.82, 2.24) is 10.2 Å². The molecule has 2 fully saturated rings. The van der Waals surface area contributed by atoms with Crippen molar-refractivity contribution in [3.8, 4) is 0 Å². The zero-order valence-electron chi connectivity index (χ0n) is 11.9. The number of rotatable bonds is 4. The number of nitrogens with zero attached hydrogens (tertiary/aromatic N) is 1. The smallest absolute Gasteiger partial charge is 0.257 e. The minimum absolute atomic E-state index is 0.0101. The maximum Gasteiger partial charge on any atom is 0.257 e. The molecule has 3 rings (SSSR count). The predicted octanol–water partition coefficient (Wildman–Crippen LogP) is 3.08. The molecule has 0 radical (unpaired) electrons. The molecular formula is C16H20ClFN2O. The molecule has 1 N–H and O–H groups in total. The second-order valence-electron chi connectivity index (χ2n) is 6.00. The molecule has 21 heavy (non-hydrogen) atoms. The van der Waals surface area contributed by atoms with E-state index in [-0.39, 0.29) is 22.5 Å². The molecule has 1 unspecified atom stereocenters. The van der Waals surface area contributed by atoms with Gasteiger partial charge in [-0.05, 0) is 56.8 Å². The van der Waals surface area contributed by atoms with Gasteiger partial charge in [0.25, 0.3) is 5.91 Å². The number of nitrogens with one attached hydrogen (secondary N) is 1. The molecule has 1 aromatic carbocycles. The molecule has 5 heteroatoms. The lowest BCUT2D eigenvalue weighted by Gasteiger charge is -2.30. The summed E-state index contributed by atoms with van der Waals surface area (Å²) in [6.07, 6.45) is 4.31. The molecule has 0 bridgehead atoms. The molecule has 0 aromatic heterocycles. The molecule has 1 atom stereocenters. The molecule has 1 saturated carbocycles. The summed E-state index contributed by atoms with van der Waals surface area (Å²) >= 11 is 5.79. The van der Waals surface area contributed by atoms with E-state index in [9.17, 15) is 9.18 Å². The van der Waals surface area contributed by atoms with Crippen LogP contribution in [-0.4, -0.2) is 36.5 Å². The summed E-state index contributed by atoms with van der Waals surface area (Å²) in [7, 11) is 0. The first-order valence-corrected chi connectivity index (χ1v) is 8.00. The summed E-state index contributed by atoms with van der Waals surface area (Å²) in [5.41, 5.74) is 0.0955. The lowest BCUT2D eigenvalue weighted by molar-refractivity contribution is 0.0699. The first-order valence-electron chi connectivity index (χ1n) is 7.62. The van der Waals surface area contributed by atoms with Crippen molar-refractivity contribution in [2.75, 3.05) is 19.6 Å². The molecule has 1 amide bonds. The van der Waals surface area contributed by atoms with Gasteiger partial charge in [-0.3, -0.25) is 4.79 Å². The van der Waals surface area contributed by atoms with Gasteiger partial charge in [-0.25, -0.2) is 4.39 Å². The summed E-state index contributed by atoms with van der Waals surface area (Å²) < 4.78 is 14.1. The Morgan fingerprint density at radius 3 is 2.86 bits per heavy atom. The topological polar surface area (TPSA) is 32.3 Å². The standard InChI is InChI=1S/C16H20ClFN2O/c17-14-5-1-4-13(15(14)18)16(21)20(12-6-7-12)10-11-3-2-8-19-9-11/h1,4-5,11-12,19H,2-3,6-10H2. The van der Waals surface area contributed by atoms with Crippen molar-refractivity contribution >= 4 is 17.5 Å². The number of carbonyl (C=O) groups excluding carboxylic acids is 1. The second-order valence-corrected chi connectivity index (χ2v) is 6.41. The Balaban J connectivity index is 1.76. The Morgan fingerprint density at radius 1 is 1.38 bits per heavy atom. The Morgan fingerprint density at radius 2 is 2.19 bits per heavy atom. The average Bonchev–Trinajstić information content (AvgIpc) is 3.33. The van der Waals surface area contributed by atoms with Crippen LogP contribution in [0.5, 0.6) is 0 Å². The average molecular weight is 311 g/mol. The van der Waals surface area contributed by atoms with Crippen molar-refractivity contribution in [1.29, 1.82) is 0 Å². The van der Waals surface area contributed by atoms with Crippen molar-refractivity contribution in [3.63, 3.8) is 0 Å². The van der Waals surface area contributed by atoms with Crippen LogP contribution < -0.4 is 5.32 Å². The fraction of sp³-hybridized carbons (Fsp3) is 0.562. The van der Waals surface area contributed by atoms with Gasteiger partial charge in [0.2, 0.25) is 0 Å². The first-order chi connectivity index (χ1) is 10.2. The van der Waals surface area contributed by atoms with Gasteiger partial charge < -0.3 is 10.2 Å². The molecule has 1 aromatic rings. The number of piperidine rings is 1. The summed E-state index contributed by atoms with van der Waals surface area (Å²) in [6, 6.07) is 4.90. The van der Waals surface area contributed by atoms with Crippen LogP contribution in [0.2, 0.25) is 5.02 Å². The van der Waals surface area contributed by atoms with E-state index < -0.39 is 5.82 Å². The second kappa shape index (κ2) is 6.32. The van der Waals surface area contributed by atoms with Gasteiger partial charge in [0.15, 0.2) is 5.82 Å². The van der Waals surface area contributed by atoms with Crippen LogP contribution in [-0.2, 0) is 0 Å². The van der Waals surface area contributed by atoms with Gasteiger partial charge in [-0.1, -0.05) is 17.7 Å². The van der Waals surface area contributed by atoms with E-state index in [4.69, 9.17) is 11.6 Å². The number of carbonyl (C=O) groups is 1. The van der Waals surface area contributed by atoms with E-state index in [1.807, 2.05) is 4.90 Å². The van der Waals surface area contributed by atoms with Gasteiger partial charge in [0.1, 0.15) is 0 Å². The van der Waals surface area contributed by atoms with Gasteiger partial charge in [-0.2, -0.15) is 0 Å². The fourth-order valence-electron chi connectivity index (χ4n) is 2.97. The van der Waals surface area contributed by atoms with E-state index in [1.165, 1.54) is 12.1 Å². The zero-order valence-corrected chi connectivity index (χ0v) is 12.7. The number of hydrogen-bond acceptors (Lipinski definition) is 2. The van der Waals surface area contributed by atoms with Crippen molar-refractivity contribution in [2.45, 2.75) is 31.7 Å². The van der Waals surface area contributed by atoms with E-state index in [0.717, 1.165) is 38.8 Å². The number of halogens is 2.